The van der Waals surface area contributed by atoms with Gasteiger partial charge >= 0.3 is 0 Å². The monoisotopic (exact) mass is 325 g/mol. The predicted molar refractivity (Wildman–Crippen MR) is 83.9 cm³/mol. The van der Waals surface area contributed by atoms with Crippen molar-refractivity contribution in [1.82, 2.24) is 5.32 Å². The first-order valence-electron chi connectivity index (χ1n) is 7.14. The maximum Gasteiger partial charge on any atom is 0.120 e. The van der Waals surface area contributed by atoms with Crippen LogP contribution in [0.3, 0.4) is 0 Å². The highest BCUT2D eigenvalue weighted by atomic mass is 79.9. The van der Waals surface area contributed by atoms with Gasteiger partial charge in [-0.3, -0.25) is 0 Å². The summed E-state index contributed by atoms with van der Waals surface area (Å²) in [6.45, 7) is 9.60. The second-order valence-electron chi connectivity index (χ2n) is 5.95. The van der Waals surface area contributed by atoms with Crippen LogP contribution in [-0.4, -0.2) is 18.7 Å². The highest BCUT2D eigenvalue weighted by Gasteiger charge is 2.24. The van der Waals surface area contributed by atoms with Crippen LogP contribution in [-0.2, 0) is 0 Å². The summed E-state index contributed by atoms with van der Waals surface area (Å²) in [4.78, 5) is 0. The van der Waals surface area contributed by atoms with Crippen molar-refractivity contribution in [2.75, 3.05) is 6.54 Å². The van der Waals surface area contributed by atoms with E-state index in [0.29, 0.717) is 5.92 Å². The van der Waals surface area contributed by atoms with Crippen LogP contribution < -0.4 is 10.1 Å². The fourth-order valence-corrected chi connectivity index (χ4v) is 2.36. The second kappa shape index (κ2) is 6.27. The van der Waals surface area contributed by atoms with Crippen molar-refractivity contribution >= 4 is 15.9 Å². The van der Waals surface area contributed by atoms with E-state index < -0.39 is 0 Å². The van der Waals surface area contributed by atoms with Gasteiger partial charge in [0.05, 0.1) is 0 Å². The molecule has 1 fully saturated rings. The molecule has 1 N–H and O–H groups in total. The molecule has 0 bridgehead atoms. The number of hydrogen-bond acceptors (Lipinski definition) is 2. The molecule has 19 heavy (non-hydrogen) atoms. The highest BCUT2D eigenvalue weighted by Crippen LogP contribution is 2.28. The van der Waals surface area contributed by atoms with E-state index in [9.17, 15) is 0 Å². The molecule has 1 atom stereocenters. The maximum atomic E-state index is 6.19. The topological polar surface area (TPSA) is 21.3 Å². The molecular formula is C16H24BrNO. The minimum Gasteiger partial charge on any atom is -0.489 e. The molecule has 0 heterocycles. The molecule has 1 unspecified atom stereocenters. The van der Waals surface area contributed by atoms with E-state index in [1.54, 1.807) is 0 Å². The first-order chi connectivity index (χ1) is 8.97. The van der Waals surface area contributed by atoms with Gasteiger partial charge in [0.15, 0.2) is 0 Å². The van der Waals surface area contributed by atoms with Crippen LogP contribution in [0.1, 0.15) is 37.8 Å². The Labute approximate surface area is 125 Å². The smallest absolute Gasteiger partial charge is 0.120 e. The first kappa shape index (κ1) is 14.9. The summed E-state index contributed by atoms with van der Waals surface area (Å²) in [6, 6.07) is 4.96. The van der Waals surface area contributed by atoms with Crippen LogP contribution in [0.4, 0.5) is 0 Å². The third-order valence-corrected chi connectivity index (χ3v) is 4.88. The molecule has 0 aromatic heterocycles. The van der Waals surface area contributed by atoms with Crippen molar-refractivity contribution in [3.63, 3.8) is 0 Å². The zero-order valence-electron chi connectivity index (χ0n) is 12.3. The lowest BCUT2D eigenvalue weighted by atomic mass is 10.1. The SMILES string of the molecule is Cc1cc(OC(CNC2CC2)C(C)C)cc(C)c1Br. The largest absolute Gasteiger partial charge is 0.489 e. The zero-order chi connectivity index (χ0) is 14.0. The maximum absolute atomic E-state index is 6.19. The third-order valence-electron chi connectivity index (χ3n) is 3.63. The van der Waals surface area contributed by atoms with Crippen molar-refractivity contribution in [1.29, 1.82) is 0 Å². The molecule has 0 spiro atoms. The normalized spacial score (nSPS) is 16.7. The molecule has 0 amide bonds. The van der Waals surface area contributed by atoms with Crippen LogP contribution in [0.25, 0.3) is 0 Å². The fourth-order valence-electron chi connectivity index (χ4n) is 2.13. The van der Waals surface area contributed by atoms with E-state index in [0.717, 1.165) is 18.3 Å². The predicted octanol–water partition coefficient (Wildman–Crippen LogP) is 4.22. The highest BCUT2D eigenvalue weighted by molar-refractivity contribution is 9.10. The standard InChI is InChI=1S/C16H24BrNO/c1-10(2)15(9-18-13-5-6-13)19-14-7-11(3)16(17)12(4)8-14/h7-8,10,13,15,18H,5-6,9H2,1-4H3. The van der Waals surface area contributed by atoms with Crippen LogP contribution in [0.2, 0.25) is 0 Å². The number of aryl methyl sites for hydroxylation is 2. The van der Waals surface area contributed by atoms with E-state index in [4.69, 9.17) is 4.74 Å². The summed E-state index contributed by atoms with van der Waals surface area (Å²) in [5, 5.41) is 3.56. The van der Waals surface area contributed by atoms with Crippen LogP contribution in [0.15, 0.2) is 16.6 Å². The van der Waals surface area contributed by atoms with Gasteiger partial charge in [-0.05, 0) is 55.9 Å². The summed E-state index contributed by atoms with van der Waals surface area (Å²) >= 11 is 3.60. The quantitative estimate of drug-likeness (QED) is 0.845. The number of nitrogens with one attached hydrogen (secondary N) is 1. The molecule has 0 radical (unpaired) electrons. The Morgan fingerprint density at radius 2 is 1.84 bits per heavy atom. The Bertz CT molecular complexity index is 417. The van der Waals surface area contributed by atoms with E-state index in [1.165, 1.54) is 28.4 Å². The molecule has 1 aromatic rings. The lowest BCUT2D eigenvalue weighted by molar-refractivity contribution is 0.148. The minimum atomic E-state index is 0.237. The third kappa shape index (κ3) is 4.22. The van der Waals surface area contributed by atoms with E-state index in [2.05, 4.69) is 61.1 Å². The van der Waals surface area contributed by atoms with Crippen molar-refractivity contribution in [3.05, 3.63) is 27.7 Å². The molecule has 2 nitrogen and oxygen atoms in total. The Morgan fingerprint density at radius 3 is 2.32 bits per heavy atom. The number of rotatable bonds is 6. The van der Waals surface area contributed by atoms with Crippen molar-refractivity contribution < 1.29 is 4.74 Å². The number of hydrogen-bond donors (Lipinski definition) is 1. The summed E-state index contributed by atoms with van der Waals surface area (Å²) in [5.74, 6) is 1.49. The summed E-state index contributed by atoms with van der Waals surface area (Å²) < 4.78 is 7.37. The van der Waals surface area contributed by atoms with Gasteiger partial charge in [0.1, 0.15) is 11.9 Å². The average Bonchev–Trinajstić information content (AvgIpc) is 3.14. The molecule has 1 aromatic carbocycles. The Kier molecular flexibility index (Phi) is 4.91. The van der Waals surface area contributed by atoms with Gasteiger partial charge < -0.3 is 10.1 Å². The second-order valence-corrected chi connectivity index (χ2v) is 6.75. The van der Waals surface area contributed by atoms with Crippen molar-refractivity contribution in [2.45, 2.75) is 52.7 Å². The van der Waals surface area contributed by atoms with Crippen LogP contribution >= 0.6 is 15.9 Å². The van der Waals surface area contributed by atoms with Gasteiger partial charge in [-0.2, -0.15) is 0 Å². The fraction of sp³-hybridized carbons (Fsp3) is 0.625. The van der Waals surface area contributed by atoms with Crippen LogP contribution in [0.5, 0.6) is 5.75 Å². The lowest BCUT2D eigenvalue weighted by Crippen LogP contribution is -2.36. The summed E-state index contributed by atoms with van der Waals surface area (Å²) in [7, 11) is 0. The van der Waals surface area contributed by atoms with Crippen LogP contribution in [0, 0.1) is 19.8 Å². The van der Waals surface area contributed by atoms with E-state index >= 15 is 0 Å². The van der Waals surface area contributed by atoms with E-state index in [1.807, 2.05) is 0 Å². The number of ether oxygens (including phenoxy) is 1. The molecule has 3 heteroatoms. The van der Waals surface area contributed by atoms with Gasteiger partial charge in [-0.15, -0.1) is 0 Å². The number of benzene rings is 1. The lowest BCUT2D eigenvalue weighted by Gasteiger charge is -2.24. The molecule has 1 aliphatic carbocycles. The first-order valence-corrected chi connectivity index (χ1v) is 7.93. The van der Waals surface area contributed by atoms with Gasteiger partial charge in [0.2, 0.25) is 0 Å². The van der Waals surface area contributed by atoms with Gasteiger partial charge in [0.25, 0.3) is 0 Å². The molecular weight excluding hydrogens is 302 g/mol. The number of halogens is 1. The Balaban J connectivity index is 2.02. The molecule has 106 valence electrons. The van der Waals surface area contributed by atoms with E-state index in [-0.39, 0.29) is 6.10 Å². The summed E-state index contributed by atoms with van der Waals surface area (Å²) in [5.41, 5.74) is 2.46. The molecule has 1 saturated carbocycles. The molecule has 0 saturated heterocycles. The van der Waals surface area contributed by atoms with Crippen molar-refractivity contribution in [2.24, 2.45) is 5.92 Å². The zero-order valence-corrected chi connectivity index (χ0v) is 13.9. The Hall–Kier alpha value is -0.540. The average molecular weight is 326 g/mol. The summed E-state index contributed by atoms with van der Waals surface area (Å²) in [6.07, 6.45) is 2.88. The van der Waals surface area contributed by atoms with Gasteiger partial charge in [-0.1, -0.05) is 29.8 Å². The molecule has 1 aliphatic rings. The molecule has 2 rings (SSSR count). The minimum absolute atomic E-state index is 0.237. The van der Waals surface area contributed by atoms with Gasteiger partial charge in [-0.25, -0.2) is 0 Å². The molecule has 0 aliphatic heterocycles. The van der Waals surface area contributed by atoms with Crippen molar-refractivity contribution in [3.8, 4) is 5.75 Å². The van der Waals surface area contributed by atoms with Gasteiger partial charge in [0, 0.05) is 17.1 Å². The Morgan fingerprint density at radius 1 is 1.26 bits per heavy atom.